The molecule has 0 fully saturated rings. The minimum Gasteiger partial charge on any atom is -0.326 e. The number of nitrogens with zero attached hydrogens (tertiary/aromatic N) is 2. The molecule has 0 atom stereocenters. The number of benzene rings is 1. The molecule has 2 N–H and O–H groups in total. The van der Waals surface area contributed by atoms with Gasteiger partial charge < -0.3 is 5.73 Å². The molecule has 0 saturated heterocycles. The van der Waals surface area contributed by atoms with Crippen molar-refractivity contribution in [2.24, 2.45) is 5.73 Å². The van der Waals surface area contributed by atoms with Gasteiger partial charge >= 0.3 is 0 Å². The average Bonchev–Trinajstić information content (AvgIpc) is 2.34. The monoisotopic (exact) mass is 247 g/mol. The second-order valence-electron chi connectivity index (χ2n) is 4.11. The van der Waals surface area contributed by atoms with Gasteiger partial charge in [0.15, 0.2) is 0 Å². The highest BCUT2D eigenvalue weighted by atomic mass is 19.1. The number of halogens is 1. The van der Waals surface area contributed by atoms with Gasteiger partial charge in [-0.1, -0.05) is 6.07 Å². The largest absolute Gasteiger partial charge is 0.326 e. The van der Waals surface area contributed by atoms with E-state index in [-0.39, 0.29) is 17.9 Å². The van der Waals surface area contributed by atoms with Crippen molar-refractivity contribution in [3.8, 4) is 0 Å². The summed E-state index contributed by atoms with van der Waals surface area (Å²) in [6, 6.07) is 5.86. The van der Waals surface area contributed by atoms with Gasteiger partial charge in [-0.25, -0.2) is 9.37 Å². The summed E-state index contributed by atoms with van der Waals surface area (Å²) in [6.07, 6.45) is 1.49. The van der Waals surface area contributed by atoms with Gasteiger partial charge in [-0.05, 0) is 30.2 Å². The second-order valence-corrected chi connectivity index (χ2v) is 4.11. The van der Waals surface area contributed by atoms with Gasteiger partial charge in [0, 0.05) is 18.3 Å². The molecule has 0 spiro atoms. The minimum atomic E-state index is -0.325. The Hall–Kier alpha value is -2.01. The van der Waals surface area contributed by atoms with Crippen LogP contribution in [0.4, 0.5) is 4.39 Å². The van der Waals surface area contributed by atoms with Crippen molar-refractivity contribution in [3.63, 3.8) is 0 Å². The molecule has 0 aliphatic carbocycles. The Morgan fingerprint density at radius 2 is 2.11 bits per heavy atom. The van der Waals surface area contributed by atoms with E-state index >= 15 is 0 Å². The Morgan fingerprint density at radius 3 is 2.78 bits per heavy atom. The number of aryl methyl sites for hydroxylation is 1. The third-order valence-corrected chi connectivity index (χ3v) is 2.75. The van der Waals surface area contributed by atoms with Crippen molar-refractivity contribution in [2.45, 2.75) is 20.0 Å². The van der Waals surface area contributed by atoms with Crippen molar-refractivity contribution >= 4 is 0 Å². The first-order chi connectivity index (χ1) is 8.60. The second kappa shape index (κ2) is 5.10. The fourth-order valence-electron chi connectivity index (χ4n) is 1.76. The molecule has 94 valence electrons. The fourth-order valence-corrected chi connectivity index (χ4v) is 1.76. The van der Waals surface area contributed by atoms with Crippen LogP contribution in [0.25, 0.3) is 0 Å². The first kappa shape index (κ1) is 12.4. The van der Waals surface area contributed by atoms with E-state index in [0.29, 0.717) is 17.8 Å². The van der Waals surface area contributed by atoms with E-state index in [9.17, 15) is 9.18 Å². The van der Waals surface area contributed by atoms with Gasteiger partial charge in [-0.2, -0.15) is 0 Å². The fraction of sp³-hybridized carbons (Fsp3) is 0.231. The summed E-state index contributed by atoms with van der Waals surface area (Å²) in [6.45, 7) is 2.34. The van der Waals surface area contributed by atoms with Crippen molar-refractivity contribution in [3.05, 3.63) is 63.6 Å². The van der Waals surface area contributed by atoms with Crippen LogP contribution in [0.3, 0.4) is 0 Å². The molecule has 0 unspecified atom stereocenters. The molecule has 5 heteroatoms. The first-order valence-corrected chi connectivity index (χ1v) is 5.60. The summed E-state index contributed by atoms with van der Waals surface area (Å²) in [5, 5.41) is 0. The van der Waals surface area contributed by atoms with E-state index in [1.807, 2.05) is 0 Å². The first-order valence-electron chi connectivity index (χ1n) is 5.60. The predicted molar refractivity (Wildman–Crippen MR) is 66.6 cm³/mol. The van der Waals surface area contributed by atoms with Crippen LogP contribution in [-0.2, 0) is 13.1 Å². The van der Waals surface area contributed by atoms with Crippen molar-refractivity contribution < 1.29 is 4.39 Å². The Labute approximate surface area is 104 Å². The molecule has 2 rings (SSSR count). The van der Waals surface area contributed by atoms with Crippen LogP contribution in [0.5, 0.6) is 0 Å². The summed E-state index contributed by atoms with van der Waals surface area (Å²) in [5.41, 5.74) is 7.63. The van der Waals surface area contributed by atoms with Crippen LogP contribution in [-0.4, -0.2) is 9.55 Å². The maximum Gasteiger partial charge on any atom is 0.253 e. The van der Waals surface area contributed by atoms with Crippen LogP contribution in [0.1, 0.15) is 16.8 Å². The minimum absolute atomic E-state index is 0.130. The summed E-state index contributed by atoms with van der Waals surface area (Å²) in [7, 11) is 0. The third kappa shape index (κ3) is 2.62. The molecule has 1 heterocycles. The van der Waals surface area contributed by atoms with E-state index in [4.69, 9.17) is 5.73 Å². The highest BCUT2D eigenvalue weighted by Crippen LogP contribution is 2.11. The number of nitrogens with two attached hydrogens (primary N) is 1. The van der Waals surface area contributed by atoms with E-state index in [0.717, 1.165) is 5.56 Å². The van der Waals surface area contributed by atoms with Gasteiger partial charge in [-0.15, -0.1) is 0 Å². The van der Waals surface area contributed by atoms with Crippen molar-refractivity contribution in [1.29, 1.82) is 0 Å². The van der Waals surface area contributed by atoms with Gasteiger partial charge in [0.25, 0.3) is 5.56 Å². The summed E-state index contributed by atoms with van der Waals surface area (Å²) < 4.78 is 14.5. The van der Waals surface area contributed by atoms with Gasteiger partial charge in [0.05, 0.1) is 12.9 Å². The zero-order chi connectivity index (χ0) is 13.1. The smallest absolute Gasteiger partial charge is 0.253 e. The molecule has 0 aliphatic heterocycles. The van der Waals surface area contributed by atoms with Crippen LogP contribution < -0.4 is 11.3 Å². The maximum atomic E-state index is 13.1. The van der Waals surface area contributed by atoms with Crippen LogP contribution >= 0.6 is 0 Å². The SMILES string of the molecule is Cc1cc(=O)n(Cc2ccc(F)cc2CN)cn1. The Balaban J connectivity index is 2.37. The lowest BCUT2D eigenvalue weighted by molar-refractivity contribution is 0.622. The molecule has 0 saturated carbocycles. The summed E-state index contributed by atoms with van der Waals surface area (Å²) >= 11 is 0. The Morgan fingerprint density at radius 1 is 1.33 bits per heavy atom. The van der Waals surface area contributed by atoms with E-state index in [2.05, 4.69) is 4.98 Å². The topological polar surface area (TPSA) is 60.9 Å². The highest BCUT2D eigenvalue weighted by Gasteiger charge is 2.05. The molecule has 2 aromatic rings. The molecule has 0 amide bonds. The molecule has 1 aromatic carbocycles. The number of hydrogen-bond donors (Lipinski definition) is 1. The quantitative estimate of drug-likeness (QED) is 0.886. The zero-order valence-corrected chi connectivity index (χ0v) is 10.1. The Bertz CT molecular complexity index is 622. The van der Waals surface area contributed by atoms with Gasteiger partial charge in [-0.3, -0.25) is 9.36 Å². The van der Waals surface area contributed by atoms with Gasteiger partial charge in [0.2, 0.25) is 0 Å². The molecule has 0 bridgehead atoms. The lowest BCUT2D eigenvalue weighted by atomic mass is 10.1. The van der Waals surface area contributed by atoms with Crippen molar-refractivity contribution in [2.75, 3.05) is 0 Å². The standard InChI is InChI=1S/C13H14FN3O/c1-9-4-13(18)17(8-16-9)7-10-2-3-12(14)5-11(10)6-15/h2-5,8H,6-7,15H2,1H3. The van der Waals surface area contributed by atoms with Gasteiger partial charge in [0.1, 0.15) is 5.82 Å². The van der Waals surface area contributed by atoms with Crippen molar-refractivity contribution in [1.82, 2.24) is 9.55 Å². The number of rotatable bonds is 3. The average molecular weight is 247 g/mol. The number of aromatic nitrogens is 2. The predicted octanol–water partition coefficient (Wildman–Crippen LogP) is 1.20. The zero-order valence-electron chi connectivity index (χ0n) is 10.1. The molecule has 4 nitrogen and oxygen atoms in total. The number of hydrogen-bond acceptors (Lipinski definition) is 3. The molecular weight excluding hydrogens is 233 g/mol. The summed E-state index contributed by atoms with van der Waals surface area (Å²) in [4.78, 5) is 15.8. The molecular formula is C13H14FN3O. The lowest BCUT2D eigenvalue weighted by Crippen LogP contribution is -2.21. The molecule has 0 radical (unpaired) electrons. The van der Waals surface area contributed by atoms with E-state index in [1.165, 1.54) is 29.1 Å². The molecule has 0 aliphatic rings. The van der Waals surface area contributed by atoms with Crippen LogP contribution in [0, 0.1) is 12.7 Å². The Kier molecular flexibility index (Phi) is 3.53. The molecule has 18 heavy (non-hydrogen) atoms. The van der Waals surface area contributed by atoms with Crippen LogP contribution in [0.15, 0.2) is 35.4 Å². The molecule has 1 aromatic heterocycles. The maximum absolute atomic E-state index is 13.1. The third-order valence-electron chi connectivity index (χ3n) is 2.75. The summed E-state index contributed by atoms with van der Waals surface area (Å²) in [5.74, 6) is -0.325. The van der Waals surface area contributed by atoms with Crippen LogP contribution in [0.2, 0.25) is 0 Å². The van der Waals surface area contributed by atoms with E-state index < -0.39 is 0 Å². The van der Waals surface area contributed by atoms with E-state index in [1.54, 1.807) is 13.0 Å². The lowest BCUT2D eigenvalue weighted by Gasteiger charge is -2.10. The highest BCUT2D eigenvalue weighted by molar-refractivity contribution is 5.28. The normalized spacial score (nSPS) is 10.6.